The number of ether oxygens (including phenoxy) is 1. The first-order chi connectivity index (χ1) is 13.5. The molecular formula is C21H28FN3O3. The number of anilines is 1. The minimum atomic E-state index is -0.447. The molecule has 4 rings (SSSR count). The number of ketones is 1. The Morgan fingerprint density at radius 1 is 1.25 bits per heavy atom. The highest BCUT2D eigenvalue weighted by Gasteiger charge is 2.47. The standard InChI is InChI=1S/C21H28FN3O3/c1-28-13-6-7-17-14(10-13)21(27)15-11-25(9-8-18(15)23-17)12-20(26)24-19-5-3-2-4-16(19)22/h2-5,13-15,17-18,23H,6-12H2,1H3,(H,24,26). The molecule has 5 atom stereocenters. The van der Waals surface area contributed by atoms with Crippen molar-refractivity contribution in [1.82, 2.24) is 10.2 Å². The molecule has 1 saturated carbocycles. The molecule has 1 aromatic rings. The number of fused-ring (bicyclic) bond motifs is 2. The number of hydrogen-bond acceptors (Lipinski definition) is 5. The van der Waals surface area contributed by atoms with Gasteiger partial charge >= 0.3 is 0 Å². The van der Waals surface area contributed by atoms with Crippen molar-refractivity contribution in [2.24, 2.45) is 11.8 Å². The summed E-state index contributed by atoms with van der Waals surface area (Å²) in [5.74, 6) is -0.472. The van der Waals surface area contributed by atoms with E-state index in [-0.39, 0.29) is 48.2 Å². The third kappa shape index (κ3) is 3.97. The molecule has 1 aliphatic carbocycles. The molecule has 7 heteroatoms. The number of benzene rings is 1. The van der Waals surface area contributed by atoms with Crippen LogP contribution in [0.5, 0.6) is 0 Å². The quantitative estimate of drug-likeness (QED) is 0.822. The highest BCUT2D eigenvalue weighted by Crippen LogP contribution is 2.36. The summed E-state index contributed by atoms with van der Waals surface area (Å²) in [4.78, 5) is 27.5. The van der Waals surface area contributed by atoms with Crippen LogP contribution >= 0.6 is 0 Å². The molecule has 28 heavy (non-hydrogen) atoms. The molecule has 0 aromatic heterocycles. The van der Waals surface area contributed by atoms with E-state index in [1.807, 2.05) is 4.90 Å². The molecule has 2 saturated heterocycles. The van der Waals surface area contributed by atoms with Gasteiger partial charge < -0.3 is 15.4 Å². The van der Waals surface area contributed by atoms with E-state index in [2.05, 4.69) is 10.6 Å². The minimum Gasteiger partial charge on any atom is -0.381 e. The van der Waals surface area contributed by atoms with Crippen molar-refractivity contribution in [3.8, 4) is 0 Å². The van der Waals surface area contributed by atoms with Gasteiger partial charge in [-0.05, 0) is 37.8 Å². The predicted molar refractivity (Wildman–Crippen MR) is 103 cm³/mol. The normalized spacial score (nSPS) is 33.1. The van der Waals surface area contributed by atoms with E-state index in [4.69, 9.17) is 4.74 Å². The number of carbonyl (C=O) groups is 2. The van der Waals surface area contributed by atoms with Crippen LogP contribution in [-0.4, -0.2) is 61.5 Å². The van der Waals surface area contributed by atoms with Gasteiger partial charge in [0.1, 0.15) is 11.6 Å². The zero-order chi connectivity index (χ0) is 19.7. The molecular weight excluding hydrogens is 361 g/mol. The number of carbonyl (C=O) groups excluding carboxylic acids is 2. The van der Waals surface area contributed by atoms with Crippen LogP contribution in [0.3, 0.4) is 0 Å². The van der Waals surface area contributed by atoms with Crippen molar-refractivity contribution in [2.75, 3.05) is 32.1 Å². The smallest absolute Gasteiger partial charge is 0.238 e. The van der Waals surface area contributed by atoms with E-state index >= 15 is 0 Å². The summed E-state index contributed by atoms with van der Waals surface area (Å²) < 4.78 is 19.2. The molecule has 1 amide bonds. The number of nitrogens with one attached hydrogen (secondary N) is 2. The first-order valence-corrected chi connectivity index (χ1v) is 10.1. The average molecular weight is 389 g/mol. The molecule has 6 nitrogen and oxygen atoms in total. The van der Waals surface area contributed by atoms with Crippen molar-refractivity contribution < 1.29 is 18.7 Å². The second-order valence-corrected chi connectivity index (χ2v) is 8.22. The van der Waals surface area contributed by atoms with Crippen molar-refractivity contribution in [3.63, 3.8) is 0 Å². The number of halogens is 1. The fourth-order valence-corrected chi connectivity index (χ4v) is 5.02. The van der Waals surface area contributed by atoms with Crippen LogP contribution in [0.2, 0.25) is 0 Å². The Hall–Kier alpha value is -1.83. The Balaban J connectivity index is 1.36. The number of piperidine rings is 2. The lowest BCUT2D eigenvalue weighted by molar-refractivity contribution is -0.138. The molecule has 2 heterocycles. The van der Waals surface area contributed by atoms with Crippen molar-refractivity contribution >= 4 is 17.4 Å². The van der Waals surface area contributed by atoms with Gasteiger partial charge in [0.25, 0.3) is 0 Å². The van der Waals surface area contributed by atoms with Gasteiger partial charge in [0.15, 0.2) is 0 Å². The fourth-order valence-electron chi connectivity index (χ4n) is 5.02. The van der Waals surface area contributed by atoms with E-state index in [1.54, 1.807) is 25.3 Å². The van der Waals surface area contributed by atoms with Crippen molar-refractivity contribution in [1.29, 1.82) is 0 Å². The molecule has 1 aromatic carbocycles. The van der Waals surface area contributed by atoms with Crippen LogP contribution in [0.25, 0.3) is 0 Å². The SMILES string of the molecule is COC1CCC2NC3CCN(CC(=O)Nc4ccccc4F)CC3C(=O)C2C1. The second kappa shape index (κ2) is 8.27. The summed E-state index contributed by atoms with van der Waals surface area (Å²) in [5.41, 5.74) is 0.188. The highest BCUT2D eigenvalue weighted by atomic mass is 19.1. The number of Topliss-reactive ketones (excluding diaryl/α,β-unsaturated/α-hetero) is 1. The molecule has 0 radical (unpaired) electrons. The third-order valence-electron chi connectivity index (χ3n) is 6.51. The van der Waals surface area contributed by atoms with Crippen LogP contribution in [0, 0.1) is 17.7 Å². The second-order valence-electron chi connectivity index (χ2n) is 8.22. The summed E-state index contributed by atoms with van der Waals surface area (Å²) in [7, 11) is 1.71. The summed E-state index contributed by atoms with van der Waals surface area (Å²) in [5, 5.41) is 6.33. The van der Waals surface area contributed by atoms with Gasteiger partial charge in [-0.3, -0.25) is 14.5 Å². The summed E-state index contributed by atoms with van der Waals surface area (Å²) in [6.45, 7) is 1.49. The maximum atomic E-state index is 13.7. The van der Waals surface area contributed by atoms with Crippen molar-refractivity contribution in [2.45, 2.75) is 43.9 Å². The summed E-state index contributed by atoms with van der Waals surface area (Å²) >= 11 is 0. The lowest BCUT2D eigenvalue weighted by Gasteiger charge is -2.48. The highest BCUT2D eigenvalue weighted by molar-refractivity contribution is 5.92. The monoisotopic (exact) mass is 389 g/mol. The van der Waals surface area contributed by atoms with Gasteiger partial charge in [-0.2, -0.15) is 0 Å². The average Bonchev–Trinajstić information content (AvgIpc) is 2.70. The largest absolute Gasteiger partial charge is 0.381 e. The topological polar surface area (TPSA) is 70.7 Å². The van der Waals surface area contributed by atoms with Gasteiger partial charge in [0.2, 0.25) is 5.91 Å². The zero-order valence-corrected chi connectivity index (χ0v) is 16.2. The molecule has 0 spiro atoms. The molecule has 3 fully saturated rings. The van der Waals surface area contributed by atoms with Crippen LogP contribution in [0.1, 0.15) is 25.7 Å². The van der Waals surface area contributed by atoms with E-state index in [0.29, 0.717) is 12.3 Å². The molecule has 152 valence electrons. The van der Waals surface area contributed by atoms with Crippen LogP contribution in [-0.2, 0) is 14.3 Å². The van der Waals surface area contributed by atoms with Gasteiger partial charge in [0.05, 0.1) is 18.3 Å². The molecule has 0 bridgehead atoms. The van der Waals surface area contributed by atoms with Gasteiger partial charge in [0, 0.05) is 44.1 Å². The van der Waals surface area contributed by atoms with Crippen LogP contribution in [0.4, 0.5) is 10.1 Å². The molecule has 2 aliphatic heterocycles. The summed E-state index contributed by atoms with van der Waals surface area (Å²) in [6, 6.07) is 6.59. The lowest BCUT2D eigenvalue weighted by atomic mass is 9.70. The van der Waals surface area contributed by atoms with E-state index < -0.39 is 5.82 Å². The zero-order valence-electron chi connectivity index (χ0n) is 16.2. The van der Waals surface area contributed by atoms with Crippen molar-refractivity contribution in [3.05, 3.63) is 30.1 Å². The fraction of sp³-hybridized carbons (Fsp3) is 0.619. The molecule has 2 N–H and O–H groups in total. The molecule has 3 aliphatic rings. The number of para-hydroxylation sites is 1. The van der Waals surface area contributed by atoms with Crippen LogP contribution in [0.15, 0.2) is 24.3 Å². The first-order valence-electron chi connectivity index (χ1n) is 10.1. The maximum Gasteiger partial charge on any atom is 0.238 e. The first kappa shape index (κ1) is 19.5. The Bertz CT molecular complexity index is 743. The number of amides is 1. The number of methoxy groups -OCH3 is 1. The number of rotatable bonds is 4. The predicted octanol–water partition coefficient (Wildman–Crippen LogP) is 1.81. The van der Waals surface area contributed by atoms with E-state index in [1.165, 1.54) is 6.07 Å². The summed E-state index contributed by atoms with van der Waals surface area (Å²) in [6.07, 6.45) is 3.77. The number of nitrogens with zero attached hydrogens (tertiary/aromatic N) is 1. The van der Waals surface area contributed by atoms with Crippen LogP contribution < -0.4 is 10.6 Å². The molecule has 5 unspecified atom stereocenters. The van der Waals surface area contributed by atoms with E-state index in [0.717, 1.165) is 32.2 Å². The van der Waals surface area contributed by atoms with Gasteiger partial charge in [-0.15, -0.1) is 0 Å². The van der Waals surface area contributed by atoms with Gasteiger partial charge in [-0.25, -0.2) is 4.39 Å². The Labute approximate surface area is 164 Å². The number of likely N-dealkylation sites (tertiary alicyclic amines) is 1. The van der Waals surface area contributed by atoms with E-state index in [9.17, 15) is 14.0 Å². The third-order valence-corrected chi connectivity index (χ3v) is 6.51. The van der Waals surface area contributed by atoms with Gasteiger partial charge in [-0.1, -0.05) is 12.1 Å². The maximum absolute atomic E-state index is 13.7. The Morgan fingerprint density at radius 2 is 2.04 bits per heavy atom. The number of hydrogen-bond donors (Lipinski definition) is 2. The Kier molecular flexibility index (Phi) is 5.75. The minimum absolute atomic E-state index is 0.00661. The Morgan fingerprint density at radius 3 is 2.82 bits per heavy atom. The lowest BCUT2D eigenvalue weighted by Crippen LogP contribution is -2.64.